The summed E-state index contributed by atoms with van der Waals surface area (Å²) in [5, 5.41) is 6.56. The summed E-state index contributed by atoms with van der Waals surface area (Å²) in [4.78, 5) is 33.7. The van der Waals surface area contributed by atoms with Crippen LogP contribution in [-0.2, 0) is 11.0 Å². The molecule has 8 nitrogen and oxygen atoms in total. The number of benzene rings is 1. The predicted molar refractivity (Wildman–Crippen MR) is 109 cm³/mol. The minimum absolute atomic E-state index is 0.0403. The third kappa shape index (κ3) is 4.71. The Morgan fingerprint density at radius 2 is 1.97 bits per heavy atom. The number of fused-ring (bicyclic) bond motifs is 1. The summed E-state index contributed by atoms with van der Waals surface area (Å²) < 4.78 is 41.1. The lowest BCUT2D eigenvalue weighted by Crippen LogP contribution is -2.11. The van der Waals surface area contributed by atoms with Gasteiger partial charge in [0, 0.05) is 32.8 Å². The molecular formula is C20H19F3N6O2. The van der Waals surface area contributed by atoms with Crippen LogP contribution >= 0.6 is 0 Å². The summed E-state index contributed by atoms with van der Waals surface area (Å²) in [6.07, 6.45) is -1.84. The van der Waals surface area contributed by atoms with Crippen molar-refractivity contribution >= 4 is 29.7 Å². The van der Waals surface area contributed by atoms with Gasteiger partial charge in [-0.25, -0.2) is 4.52 Å². The van der Waals surface area contributed by atoms with Crippen molar-refractivity contribution in [1.82, 2.24) is 19.5 Å². The van der Waals surface area contributed by atoms with Gasteiger partial charge in [-0.15, -0.1) is 5.10 Å². The molecule has 0 saturated heterocycles. The van der Waals surface area contributed by atoms with Gasteiger partial charge in [-0.3, -0.25) is 14.9 Å². The van der Waals surface area contributed by atoms with Gasteiger partial charge >= 0.3 is 6.18 Å². The van der Waals surface area contributed by atoms with Crippen LogP contribution in [0, 0.1) is 6.92 Å². The van der Waals surface area contributed by atoms with Gasteiger partial charge in [0.2, 0.25) is 11.9 Å². The molecule has 0 fully saturated rings. The molecule has 0 spiro atoms. The fourth-order valence-corrected chi connectivity index (χ4v) is 2.97. The van der Waals surface area contributed by atoms with Crippen molar-refractivity contribution in [3.8, 4) is 11.1 Å². The molecule has 3 aromatic rings. The highest BCUT2D eigenvalue weighted by molar-refractivity contribution is 6.02. The molecule has 2 heterocycles. The van der Waals surface area contributed by atoms with Gasteiger partial charge in [0.15, 0.2) is 5.65 Å². The van der Waals surface area contributed by atoms with E-state index in [2.05, 4.69) is 20.4 Å². The first-order valence-corrected chi connectivity index (χ1v) is 9.07. The summed E-state index contributed by atoms with van der Waals surface area (Å²) >= 11 is 0. The van der Waals surface area contributed by atoms with Crippen molar-refractivity contribution in [3.63, 3.8) is 0 Å². The number of hydrogen-bond donors (Lipinski definition) is 1. The van der Waals surface area contributed by atoms with E-state index in [-0.39, 0.29) is 28.3 Å². The number of nitrogens with one attached hydrogen (secondary N) is 1. The molecule has 11 heteroatoms. The lowest BCUT2D eigenvalue weighted by atomic mass is 9.96. The van der Waals surface area contributed by atoms with Crippen molar-refractivity contribution in [2.45, 2.75) is 20.0 Å². The van der Waals surface area contributed by atoms with Gasteiger partial charge in [0.05, 0.1) is 17.5 Å². The number of alkyl halides is 3. The van der Waals surface area contributed by atoms with E-state index in [9.17, 15) is 22.8 Å². The molecule has 0 saturated carbocycles. The topological polar surface area (TPSA) is 92.0 Å². The number of carbonyl (C=O) groups is 2. The Morgan fingerprint density at radius 3 is 2.58 bits per heavy atom. The first-order chi connectivity index (χ1) is 14.5. The Balaban J connectivity index is 2.29. The maximum atomic E-state index is 13.3. The van der Waals surface area contributed by atoms with E-state index in [4.69, 9.17) is 0 Å². The lowest BCUT2D eigenvalue weighted by molar-refractivity contribution is -0.137. The molecule has 0 aliphatic rings. The number of aliphatic imine (C=N–C) groups is 1. The number of pyridine rings is 1. The van der Waals surface area contributed by atoms with Crippen LogP contribution in [0.1, 0.15) is 28.4 Å². The molecule has 3 rings (SSSR count). The summed E-state index contributed by atoms with van der Waals surface area (Å²) in [5.41, 5.74) is 0.346. The molecule has 2 aromatic heterocycles. The predicted octanol–water partition coefficient (Wildman–Crippen LogP) is 3.41. The van der Waals surface area contributed by atoms with E-state index < -0.39 is 23.6 Å². The van der Waals surface area contributed by atoms with E-state index in [1.165, 1.54) is 36.1 Å². The Labute approximate surface area is 175 Å². The van der Waals surface area contributed by atoms with Crippen LogP contribution in [0.25, 0.3) is 16.8 Å². The number of rotatable bonds is 4. The van der Waals surface area contributed by atoms with Crippen LogP contribution in [0.2, 0.25) is 0 Å². The van der Waals surface area contributed by atoms with Gasteiger partial charge < -0.3 is 4.90 Å². The number of nitrogens with zero attached hydrogens (tertiary/aromatic N) is 5. The second kappa shape index (κ2) is 8.17. The zero-order valence-corrected chi connectivity index (χ0v) is 17.2. The molecule has 0 unspecified atom stereocenters. The molecule has 2 amide bonds. The monoisotopic (exact) mass is 432 g/mol. The number of anilines is 1. The zero-order chi connectivity index (χ0) is 22.9. The van der Waals surface area contributed by atoms with Gasteiger partial charge in [-0.05, 0) is 30.2 Å². The van der Waals surface area contributed by atoms with Crippen molar-refractivity contribution in [2.75, 3.05) is 19.4 Å². The van der Waals surface area contributed by atoms with Gasteiger partial charge in [-0.2, -0.15) is 23.1 Å². The number of carbonyl (C=O) groups excluding carboxylic acids is 2. The van der Waals surface area contributed by atoms with Crippen molar-refractivity contribution in [3.05, 3.63) is 47.2 Å². The Kier molecular flexibility index (Phi) is 5.78. The number of halogens is 3. The summed E-state index contributed by atoms with van der Waals surface area (Å²) in [6.45, 7) is 2.87. The highest BCUT2D eigenvalue weighted by Crippen LogP contribution is 2.35. The third-order valence-corrected chi connectivity index (χ3v) is 4.29. The first kappa shape index (κ1) is 21.9. The molecule has 0 aliphatic carbocycles. The standard InChI is InChI=1S/C20H19F3N6O2/c1-11-15(18(31)24-10-28(3)4)9-29-17(26-19(27-29)25-12(2)30)16(11)13-6-5-7-14(8-13)20(21,22)23/h5-10H,1-4H3,(H,25,27,30). The van der Waals surface area contributed by atoms with E-state index in [1.54, 1.807) is 25.9 Å². The Hall–Kier alpha value is -3.76. The molecule has 0 aliphatic heterocycles. The van der Waals surface area contributed by atoms with Crippen LogP contribution < -0.4 is 5.32 Å². The molecule has 0 atom stereocenters. The summed E-state index contributed by atoms with van der Waals surface area (Å²) in [7, 11) is 3.38. The first-order valence-electron chi connectivity index (χ1n) is 9.07. The molecule has 162 valence electrons. The van der Waals surface area contributed by atoms with Crippen LogP contribution in [0.15, 0.2) is 35.5 Å². The normalized spacial score (nSPS) is 11.8. The van der Waals surface area contributed by atoms with Crippen LogP contribution in [0.4, 0.5) is 19.1 Å². The molecule has 0 radical (unpaired) electrons. The zero-order valence-electron chi connectivity index (χ0n) is 17.2. The van der Waals surface area contributed by atoms with E-state index in [0.717, 1.165) is 12.1 Å². The van der Waals surface area contributed by atoms with Crippen molar-refractivity contribution in [2.24, 2.45) is 4.99 Å². The van der Waals surface area contributed by atoms with E-state index in [1.807, 2.05) is 0 Å². The second-order valence-electron chi connectivity index (χ2n) is 7.02. The van der Waals surface area contributed by atoms with E-state index in [0.29, 0.717) is 5.56 Å². The van der Waals surface area contributed by atoms with Crippen molar-refractivity contribution < 1.29 is 22.8 Å². The Morgan fingerprint density at radius 1 is 1.26 bits per heavy atom. The fourth-order valence-electron chi connectivity index (χ4n) is 2.97. The largest absolute Gasteiger partial charge is 0.416 e. The second-order valence-corrected chi connectivity index (χ2v) is 7.02. The SMILES string of the molecule is CC(=O)Nc1nc2c(-c3cccc(C(F)(F)F)c3)c(C)c(C(=O)N=CN(C)C)cn2n1. The lowest BCUT2D eigenvalue weighted by Gasteiger charge is -2.13. The highest BCUT2D eigenvalue weighted by atomic mass is 19.4. The maximum absolute atomic E-state index is 13.3. The Bertz CT molecular complexity index is 1200. The third-order valence-electron chi connectivity index (χ3n) is 4.29. The molecular weight excluding hydrogens is 413 g/mol. The number of aromatic nitrogens is 3. The summed E-state index contributed by atoms with van der Waals surface area (Å²) in [6, 6.07) is 4.70. The average Bonchev–Trinajstić information content (AvgIpc) is 3.06. The smallest absolute Gasteiger partial charge is 0.369 e. The fraction of sp³-hybridized carbons (Fsp3) is 0.250. The number of amides is 2. The number of hydrogen-bond acceptors (Lipinski definition) is 4. The van der Waals surface area contributed by atoms with Gasteiger partial charge in [0.1, 0.15) is 0 Å². The quantitative estimate of drug-likeness (QED) is 0.504. The summed E-state index contributed by atoms with van der Waals surface area (Å²) in [5.74, 6) is -1.06. The average molecular weight is 432 g/mol. The van der Waals surface area contributed by atoms with Crippen LogP contribution in [-0.4, -0.2) is 51.7 Å². The molecule has 31 heavy (non-hydrogen) atoms. The highest BCUT2D eigenvalue weighted by Gasteiger charge is 2.31. The van der Waals surface area contributed by atoms with Crippen LogP contribution in [0.5, 0.6) is 0 Å². The maximum Gasteiger partial charge on any atom is 0.416 e. The molecule has 1 aromatic carbocycles. The van der Waals surface area contributed by atoms with Gasteiger partial charge in [0.25, 0.3) is 5.91 Å². The molecule has 0 bridgehead atoms. The van der Waals surface area contributed by atoms with Crippen LogP contribution in [0.3, 0.4) is 0 Å². The van der Waals surface area contributed by atoms with Gasteiger partial charge in [-0.1, -0.05) is 12.1 Å². The molecule has 1 N–H and O–H groups in total. The minimum Gasteiger partial charge on any atom is -0.369 e. The van der Waals surface area contributed by atoms with E-state index >= 15 is 0 Å². The minimum atomic E-state index is -4.54. The van der Waals surface area contributed by atoms with Crippen molar-refractivity contribution in [1.29, 1.82) is 0 Å².